The topological polar surface area (TPSA) is 41.1 Å². The van der Waals surface area contributed by atoms with E-state index in [0.717, 1.165) is 25.9 Å². The van der Waals surface area contributed by atoms with Crippen LogP contribution in [0.4, 0.5) is 0 Å². The largest absolute Gasteiger partial charge is 0.352 e. The molecule has 1 atom stereocenters. The number of amides is 1. The fraction of sp³-hybridized carbons (Fsp3) is 0.909. The van der Waals surface area contributed by atoms with Crippen LogP contribution < -0.4 is 10.6 Å². The molecule has 0 spiro atoms. The number of nitrogens with one attached hydrogen (secondary N) is 2. The number of carbonyl (C=O) groups is 1. The zero-order valence-electron chi connectivity index (χ0n) is 9.52. The van der Waals surface area contributed by atoms with Crippen molar-refractivity contribution < 1.29 is 4.79 Å². The van der Waals surface area contributed by atoms with Crippen LogP contribution in [-0.4, -0.2) is 25.0 Å². The highest BCUT2D eigenvalue weighted by molar-refractivity contribution is 5.76. The number of hydrogen-bond acceptors (Lipinski definition) is 2. The molecule has 1 heterocycles. The predicted molar refractivity (Wildman–Crippen MR) is 58.1 cm³/mol. The minimum Gasteiger partial charge on any atom is -0.352 e. The Labute approximate surface area is 86.6 Å². The van der Waals surface area contributed by atoms with E-state index in [1.54, 1.807) is 0 Å². The lowest BCUT2D eigenvalue weighted by Crippen LogP contribution is -2.46. The Hall–Kier alpha value is -0.570. The Bertz CT molecular complexity index is 196. The second kappa shape index (κ2) is 4.78. The SMILES string of the molecule is CC(C)(C)CNC[C@H]1CCCC(=O)N1. The summed E-state index contributed by atoms with van der Waals surface area (Å²) in [4.78, 5) is 11.1. The molecular formula is C11H22N2O. The molecule has 2 N–H and O–H groups in total. The van der Waals surface area contributed by atoms with Gasteiger partial charge < -0.3 is 10.6 Å². The summed E-state index contributed by atoms with van der Waals surface area (Å²) in [5, 5.41) is 6.40. The molecule has 1 amide bonds. The monoisotopic (exact) mass is 198 g/mol. The average molecular weight is 198 g/mol. The maximum atomic E-state index is 11.1. The van der Waals surface area contributed by atoms with E-state index in [1.165, 1.54) is 0 Å². The van der Waals surface area contributed by atoms with Crippen LogP contribution in [-0.2, 0) is 4.79 Å². The van der Waals surface area contributed by atoms with Crippen LogP contribution in [0.5, 0.6) is 0 Å². The molecule has 14 heavy (non-hydrogen) atoms. The summed E-state index contributed by atoms with van der Waals surface area (Å²) in [5.74, 6) is 0.207. The Morgan fingerprint density at radius 2 is 2.21 bits per heavy atom. The van der Waals surface area contributed by atoms with Crippen molar-refractivity contribution in [3.8, 4) is 0 Å². The average Bonchev–Trinajstić information content (AvgIpc) is 2.01. The van der Waals surface area contributed by atoms with Gasteiger partial charge in [-0.05, 0) is 18.3 Å². The minimum atomic E-state index is 0.207. The smallest absolute Gasteiger partial charge is 0.220 e. The van der Waals surface area contributed by atoms with Gasteiger partial charge in [0.05, 0.1) is 0 Å². The number of carbonyl (C=O) groups excluding carboxylic acids is 1. The van der Waals surface area contributed by atoms with Gasteiger partial charge in [-0.15, -0.1) is 0 Å². The Kier molecular flexibility index (Phi) is 3.93. The Morgan fingerprint density at radius 1 is 1.50 bits per heavy atom. The van der Waals surface area contributed by atoms with Crippen molar-refractivity contribution in [2.24, 2.45) is 5.41 Å². The van der Waals surface area contributed by atoms with E-state index in [2.05, 4.69) is 31.4 Å². The second-order valence-electron chi connectivity index (χ2n) is 5.35. The second-order valence-corrected chi connectivity index (χ2v) is 5.35. The summed E-state index contributed by atoms with van der Waals surface area (Å²) in [6, 6.07) is 0.346. The molecule has 3 nitrogen and oxygen atoms in total. The van der Waals surface area contributed by atoms with Crippen LogP contribution in [0, 0.1) is 5.41 Å². The van der Waals surface area contributed by atoms with Gasteiger partial charge in [0.2, 0.25) is 5.91 Å². The van der Waals surface area contributed by atoms with Crippen LogP contribution >= 0.6 is 0 Å². The summed E-state index contributed by atoms with van der Waals surface area (Å²) in [6.45, 7) is 8.53. The maximum Gasteiger partial charge on any atom is 0.220 e. The number of rotatable bonds is 3. The lowest BCUT2D eigenvalue weighted by molar-refractivity contribution is -0.123. The normalized spacial score (nSPS) is 23.4. The van der Waals surface area contributed by atoms with Crippen molar-refractivity contribution in [3.63, 3.8) is 0 Å². The zero-order valence-corrected chi connectivity index (χ0v) is 9.52. The van der Waals surface area contributed by atoms with Gasteiger partial charge in [-0.2, -0.15) is 0 Å². The molecule has 0 aliphatic carbocycles. The van der Waals surface area contributed by atoms with Crippen molar-refractivity contribution in [1.82, 2.24) is 10.6 Å². The zero-order chi connectivity index (χ0) is 10.6. The molecule has 1 aliphatic heterocycles. The maximum absolute atomic E-state index is 11.1. The molecular weight excluding hydrogens is 176 g/mol. The third-order valence-corrected chi connectivity index (χ3v) is 2.37. The van der Waals surface area contributed by atoms with Crippen molar-refractivity contribution in [1.29, 1.82) is 0 Å². The fourth-order valence-electron chi connectivity index (χ4n) is 1.66. The standard InChI is InChI=1S/C11H22N2O/c1-11(2,3)8-12-7-9-5-4-6-10(14)13-9/h9,12H,4-8H2,1-3H3,(H,13,14)/t9-/m1/s1. The molecule has 0 aromatic rings. The first-order valence-corrected chi connectivity index (χ1v) is 5.47. The molecule has 0 aromatic carbocycles. The molecule has 1 saturated heterocycles. The van der Waals surface area contributed by atoms with Gasteiger partial charge in [0.15, 0.2) is 0 Å². The minimum absolute atomic E-state index is 0.207. The van der Waals surface area contributed by atoms with E-state index in [4.69, 9.17) is 0 Å². The molecule has 1 aliphatic rings. The van der Waals surface area contributed by atoms with Crippen LogP contribution in [0.2, 0.25) is 0 Å². The van der Waals surface area contributed by atoms with E-state index in [0.29, 0.717) is 17.9 Å². The third-order valence-electron chi connectivity index (χ3n) is 2.37. The van der Waals surface area contributed by atoms with Gasteiger partial charge in [-0.25, -0.2) is 0 Å². The molecule has 1 rings (SSSR count). The first-order chi connectivity index (χ1) is 6.47. The summed E-state index contributed by atoms with van der Waals surface area (Å²) in [5.41, 5.74) is 0.318. The van der Waals surface area contributed by atoms with Gasteiger partial charge in [0, 0.05) is 25.6 Å². The molecule has 0 radical (unpaired) electrons. The Balaban J connectivity index is 2.15. The quantitative estimate of drug-likeness (QED) is 0.717. The fourth-order valence-corrected chi connectivity index (χ4v) is 1.66. The van der Waals surface area contributed by atoms with Crippen LogP contribution in [0.25, 0.3) is 0 Å². The molecule has 82 valence electrons. The summed E-state index contributed by atoms with van der Waals surface area (Å²) in [6.07, 6.45) is 2.85. The predicted octanol–water partition coefficient (Wildman–Crippen LogP) is 1.29. The molecule has 0 bridgehead atoms. The van der Waals surface area contributed by atoms with Crippen LogP contribution in [0.1, 0.15) is 40.0 Å². The van der Waals surface area contributed by atoms with Crippen molar-refractivity contribution in [2.45, 2.75) is 46.1 Å². The van der Waals surface area contributed by atoms with E-state index in [1.807, 2.05) is 0 Å². The summed E-state index contributed by atoms with van der Waals surface area (Å²) >= 11 is 0. The summed E-state index contributed by atoms with van der Waals surface area (Å²) in [7, 11) is 0. The molecule has 0 unspecified atom stereocenters. The highest BCUT2D eigenvalue weighted by atomic mass is 16.1. The first kappa shape index (κ1) is 11.5. The van der Waals surface area contributed by atoms with Crippen LogP contribution in [0.3, 0.4) is 0 Å². The van der Waals surface area contributed by atoms with Gasteiger partial charge in [0.25, 0.3) is 0 Å². The highest BCUT2D eigenvalue weighted by Crippen LogP contribution is 2.11. The number of hydrogen-bond donors (Lipinski definition) is 2. The third kappa shape index (κ3) is 4.61. The Morgan fingerprint density at radius 3 is 2.79 bits per heavy atom. The summed E-state index contributed by atoms with van der Waals surface area (Å²) < 4.78 is 0. The van der Waals surface area contributed by atoms with Gasteiger partial charge in [-0.1, -0.05) is 20.8 Å². The van der Waals surface area contributed by atoms with Crippen molar-refractivity contribution in [2.75, 3.05) is 13.1 Å². The van der Waals surface area contributed by atoms with Crippen LogP contribution in [0.15, 0.2) is 0 Å². The van der Waals surface area contributed by atoms with Crippen molar-refractivity contribution >= 4 is 5.91 Å². The van der Waals surface area contributed by atoms with Crippen molar-refractivity contribution in [3.05, 3.63) is 0 Å². The molecule has 0 saturated carbocycles. The van der Waals surface area contributed by atoms with E-state index >= 15 is 0 Å². The van der Waals surface area contributed by atoms with Gasteiger partial charge in [0.1, 0.15) is 0 Å². The molecule has 0 aromatic heterocycles. The van der Waals surface area contributed by atoms with Gasteiger partial charge >= 0.3 is 0 Å². The number of piperidine rings is 1. The van der Waals surface area contributed by atoms with Gasteiger partial charge in [-0.3, -0.25) is 4.79 Å². The molecule has 3 heteroatoms. The highest BCUT2D eigenvalue weighted by Gasteiger charge is 2.18. The van der Waals surface area contributed by atoms with E-state index in [9.17, 15) is 4.79 Å². The first-order valence-electron chi connectivity index (χ1n) is 5.47. The lowest BCUT2D eigenvalue weighted by Gasteiger charge is -2.26. The van der Waals surface area contributed by atoms with E-state index in [-0.39, 0.29) is 5.91 Å². The molecule has 1 fully saturated rings. The van der Waals surface area contributed by atoms with E-state index < -0.39 is 0 Å². The lowest BCUT2D eigenvalue weighted by atomic mass is 9.96.